The summed E-state index contributed by atoms with van der Waals surface area (Å²) in [6.45, 7) is -1.10. The number of halogens is 1. The molecule has 0 atom stereocenters. The van der Waals surface area contributed by atoms with Crippen LogP contribution in [-0.2, 0) is 14.3 Å². The van der Waals surface area contributed by atoms with Gasteiger partial charge in [-0.2, -0.15) is 0 Å². The van der Waals surface area contributed by atoms with Gasteiger partial charge in [-0.1, -0.05) is 109 Å². The third-order valence-corrected chi connectivity index (χ3v) is 10.1. The van der Waals surface area contributed by atoms with E-state index in [2.05, 4.69) is 11.8 Å². The zero-order valence-electron chi connectivity index (χ0n) is 19.7. The van der Waals surface area contributed by atoms with Crippen molar-refractivity contribution in [3.05, 3.63) is 126 Å². The van der Waals surface area contributed by atoms with Crippen LogP contribution < -0.4 is 15.9 Å². The molecule has 178 valence electrons. The molecule has 0 fully saturated rings. The van der Waals surface area contributed by atoms with Crippen molar-refractivity contribution in [2.75, 3.05) is 6.61 Å². The van der Waals surface area contributed by atoms with E-state index in [-0.39, 0.29) is 11.9 Å². The molecule has 0 unspecified atom stereocenters. The minimum atomic E-state index is -2.97. The molecule has 0 saturated heterocycles. The smallest absolute Gasteiger partial charge is 0.343 e. The molecule has 0 heterocycles. The van der Waals surface area contributed by atoms with E-state index in [1.54, 1.807) is 31.2 Å². The summed E-state index contributed by atoms with van der Waals surface area (Å²) in [5.74, 6) is 4.42. The lowest BCUT2D eigenvalue weighted by Crippen LogP contribution is -2.38. The van der Waals surface area contributed by atoms with Crippen molar-refractivity contribution < 1.29 is 14.3 Å². The Bertz CT molecular complexity index is 1360. The first-order chi connectivity index (χ1) is 17.6. The Balaban J connectivity index is 2.14. The SMILES string of the molecule is CCOC(=O)C(C(=O)C#Cc1ccc(Cl)cc1)=P(c1ccccc1)(c1ccccc1)c1ccccc1. The molecule has 0 aliphatic rings. The van der Waals surface area contributed by atoms with Gasteiger partial charge in [0.2, 0.25) is 5.78 Å². The van der Waals surface area contributed by atoms with Crippen LogP contribution in [0.25, 0.3) is 0 Å². The highest BCUT2D eigenvalue weighted by molar-refractivity contribution is 7.97. The van der Waals surface area contributed by atoms with Gasteiger partial charge < -0.3 is 4.74 Å². The van der Waals surface area contributed by atoms with Gasteiger partial charge in [-0.05, 0) is 59.9 Å². The molecule has 0 aliphatic carbocycles. The first kappa shape index (κ1) is 25.3. The maximum absolute atomic E-state index is 14.0. The topological polar surface area (TPSA) is 43.4 Å². The number of rotatable bonds is 6. The lowest BCUT2D eigenvalue weighted by Gasteiger charge is -2.30. The number of ether oxygens (including phenoxy) is 1. The van der Waals surface area contributed by atoms with Crippen LogP contribution >= 0.6 is 18.5 Å². The Morgan fingerprint density at radius 3 is 1.58 bits per heavy atom. The minimum absolute atomic E-state index is 0.0504. The van der Waals surface area contributed by atoms with Crippen LogP contribution in [0.4, 0.5) is 0 Å². The number of esters is 1. The van der Waals surface area contributed by atoms with Gasteiger partial charge in [0.25, 0.3) is 0 Å². The van der Waals surface area contributed by atoms with Crippen molar-refractivity contribution in [3.63, 3.8) is 0 Å². The highest BCUT2D eigenvalue weighted by Crippen LogP contribution is 2.46. The van der Waals surface area contributed by atoms with Crippen molar-refractivity contribution >= 4 is 51.4 Å². The van der Waals surface area contributed by atoms with E-state index >= 15 is 0 Å². The fourth-order valence-electron chi connectivity index (χ4n) is 4.09. The van der Waals surface area contributed by atoms with E-state index in [0.717, 1.165) is 15.9 Å². The van der Waals surface area contributed by atoms with Gasteiger partial charge in [-0.3, -0.25) is 4.79 Å². The summed E-state index contributed by atoms with van der Waals surface area (Å²) in [5.41, 5.74) is 0.624. The molecule has 4 aromatic rings. The van der Waals surface area contributed by atoms with E-state index < -0.39 is 18.6 Å². The van der Waals surface area contributed by atoms with Gasteiger partial charge >= 0.3 is 5.97 Å². The van der Waals surface area contributed by atoms with Gasteiger partial charge in [-0.15, -0.1) is 0 Å². The molecular weight excluding hydrogens is 487 g/mol. The van der Waals surface area contributed by atoms with Gasteiger partial charge in [0.05, 0.1) is 6.61 Å². The summed E-state index contributed by atoms with van der Waals surface area (Å²) in [6, 6.07) is 36.0. The molecule has 4 aromatic carbocycles. The summed E-state index contributed by atoms with van der Waals surface area (Å²) in [7, 11) is 0. The van der Waals surface area contributed by atoms with Crippen LogP contribution in [0.15, 0.2) is 115 Å². The highest BCUT2D eigenvalue weighted by Gasteiger charge is 2.37. The number of hydrogen-bond donors (Lipinski definition) is 0. The standard InChI is InChI=1S/C31H24ClO3P/c1-2-35-31(34)30(29(33)23-20-24-18-21-25(32)22-19-24)36(26-12-6-3-7-13-26,27-14-8-4-9-15-27)28-16-10-5-11-17-28/h3-19,21-22H,2H2,1H3. The molecule has 0 aliphatic heterocycles. The number of ketones is 1. The normalized spacial score (nSPS) is 10.6. The predicted molar refractivity (Wildman–Crippen MR) is 150 cm³/mol. The first-order valence-corrected chi connectivity index (χ1v) is 13.7. The summed E-state index contributed by atoms with van der Waals surface area (Å²) in [5, 5.41) is 3.23. The lowest BCUT2D eigenvalue weighted by atomic mass is 10.2. The molecule has 0 spiro atoms. The molecule has 5 heteroatoms. The van der Waals surface area contributed by atoms with Crippen molar-refractivity contribution in [2.45, 2.75) is 6.92 Å². The lowest BCUT2D eigenvalue weighted by molar-refractivity contribution is -0.135. The number of benzene rings is 4. The Hall–Kier alpha value is -3.83. The van der Waals surface area contributed by atoms with Crippen LogP contribution in [0.2, 0.25) is 5.02 Å². The van der Waals surface area contributed by atoms with Gasteiger partial charge in [0.1, 0.15) is 5.29 Å². The molecule has 4 rings (SSSR count). The third-order valence-electron chi connectivity index (χ3n) is 5.61. The Morgan fingerprint density at radius 1 is 0.722 bits per heavy atom. The average Bonchev–Trinajstić information content (AvgIpc) is 2.93. The monoisotopic (exact) mass is 510 g/mol. The molecule has 0 saturated carbocycles. The molecule has 0 N–H and O–H groups in total. The third kappa shape index (κ3) is 5.21. The molecule has 3 nitrogen and oxygen atoms in total. The summed E-state index contributed by atoms with van der Waals surface area (Å²) >= 11 is 5.99. The predicted octanol–water partition coefficient (Wildman–Crippen LogP) is 4.99. The minimum Gasteiger partial charge on any atom is -0.462 e. The molecular formula is C31H24ClO3P. The van der Waals surface area contributed by atoms with Crippen molar-refractivity contribution in [1.82, 2.24) is 0 Å². The van der Waals surface area contributed by atoms with Crippen LogP contribution in [0.1, 0.15) is 12.5 Å². The van der Waals surface area contributed by atoms with E-state index in [1.165, 1.54) is 0 Å². The van der Waals surface area contributed by atoms with E-state index in [9.17, 15) is 9.59 Å². The maximum Gasteiger partial charge on any atom is 0.343 e. The second kappa shape index (κ2) is 11.7. The number of hydrogen-bond acceptors (Lipinski definition) is 3. The van der Waals surface area contributed by atoms with Crippen LogP contribution in [-0.4, -0.2) is 23.7 Å². The Morgan fingerprint density at radius 2 is 1.17 bits per heavy atom. The quantitative estimate of drug-likeness (QED) is 0.159. The second-order valence-electron chi connectivity index (χ2n) is 7.83. The van der Waals surface area contributed by atoms with Crippen molar-refractivity contribution in [1.29, 1.82) is 0 Å². The summed E-state index contributed by atoms with van der Waals surface area (Å²) in [4.78, 5) is 27.6. The highest BCUT2D eigenvalue weighted by atomic mass is 35.5. The van der Waals surface area contributed by atoms with E-state index in [1.807, 2.05) is 91.0 Å². The molecule has 0 amide bonds. The second-order valence-corrected chi connectivity index (χ2v) is 11.6. The fraction of sp³-hybridized carbons (Fsp3) is 0.0645. The molecule has 0 aromatic heterocycles. The molecule has 0 radical (unpaired) electrons. The van der Waals surface area contributed by atoms with Crippen LogP contribution in [0, 0.1) is 11.8 Å². The van der Waals surface area contributed by atoms with Gasteiger partial charge in [0, 0.05) is 10.6 Å². The fourth-order valence-corrected chi connectivity index (χ4v) is 8.44. The Kier molecular flexibility index (Phi) is 8.24. The number of Topliss-reactive ketones (excluding diaryl/α,β-unsaturated/α-hetero) is 1. The van der Waals surface area contributed by atoms with Crippen molar-refractivity contribution in [2.24, 2.45) is 0 Å². The maximum atomic E-state index is 14.0. The van der Waals surface area contributed by atoms with E-state index in [0.29, 0.717) is 10.6 Å². The largest absolute Gasteiger partial charge is 0.462 e. The number of carbonyl (C=O) groups excluding carboxylic acids is 2. The van der Waals surface area contributed by atoms with Crippen LogP contribution in [0.5, 0.6) is 0 Å². The zero-order valence-corrected chi connectivity index (χ0v) is 21.4. The number of carbonyl (C=O) groups is 2. The van der Waals surface area contributed by atoms with Crippen molar-refractivity contribution in [3.8, 4) is 11.8 Å². The summed E-state index contributed by atoms with van der Waals surface area (Å²) < 4.78 is 5.51. The molecule has 36 heavy (non-hydrogen) atoms. The zero-order chi connectivity index (χ0) is 25.4. The summed E-state index contributed by atoms with van der Waals surface area (Å²) in [6.07, 6.45) is 0. The first-order valence-electron chi connectivity index (χ1n) is 11.5. The molecule has 0 bridgehead atoms. The van der Waals surface area contributed by atoms with E-state index in [4.69, 9.17) is 16.3 Å². The average molecular weight is 511 g/mol. The van der Waals surface area contributed by atoms with Gasteiger partial charge in [-0.25, -0.2) is 4.79 Å². The van der Waals surface area contributed by atoms with Crippen LogP contribution in [0.3, 0.4) is 0 Å². The Labute approximate surface area is 216 Å². The van der Waals surface area contributed by atoms with Gasteiger partial charge in [0.15, 0.2) is 0 Å².